The molecule has 0 unspecified atom stereocenters. The Kier molecular flexibility index (Phi) is 5.06. The van der Waals surface area contributed by atoms with E-state index in [4.69, 9.17) is 0 Å². The lowest BCUT2D eigenvalue weighted by atomic mass is 10.6. The van der Waals surface area contributed by atoms with E-state index in [1.807, 2.05) is 5.32 Å². The van der Waals surface area contributed by atoms with Crippen molar-refractivity contribution in [1.29, 1.82) is 0 Å². The van der Waals surface area contributed by atoms with Crippen molar-refractivity contribution in [2.24, 2.45) is 0 Å². The van der Waals surface area contributed by atoms with Gasteiger partial charge in [-0.1, -0.05) is 0 Å². The lowest BCUT2D eigenvalue weighted by Crippen LogP contribution is -2.31. The fraction of sp³-hybridized carbons (Fsp3) is 0.667. The van der Waals surface area contributed by atoms with Gasteiger partial charge < -0.3 is 10.1 Å². The summed E-state index contributed by atoms with van der Waals surface area (Å²) in [6.07, 6.45) is 0. The summed E-state index contributed by atoms with van der Waals surface area (Å²) >= 11 is 0. The zero-order valence-corrected chi connectivity index (χ0v) is 6.22. The zero-order valence-electron chi connectivity index (χ0n) is 6.22. The summed E-state index contributed by atoms with van der Waals surface area (Å²) in [5, 5.41) is 2.03. The highest BCUT2D eigenvalue weighted by Crippen LogP contribution is 1.75. The standard InChI is InChI=1S/C6H10FNO3/c1-2-11-6(10)4-8-5(9)3-7/h2-4H2,1H3,(H,8,9). The summed E-state index contributed by atoms with van der Waals surface area (Å²) in [6, 6.07) is 0. The van der Waals surface area contributed by atoms with Crippen molar-refractivity contribution in [3.8, 4) is 0 Å². The minimum atomic E-state index is -1.11. The van der Waals surface area contributed by atoms with Crippen LogP contribution >= 0.6 is 0 Å². The molecule has 0 aliphatic heterocycles. The summed E-state index contributed by atoms with van der Waals surface area (Å²) in [5.41, 5.74) is 0. The maximum absolute atomic E-state index is 11.5. The van der Waals surface area contributed by atoms with E-state index >= 15 is 0 Å². The van der Waals surface area contributed by atoms with Gasteiger partial charge in [-0.3, -0.25) is 9.59 Å². The first kappa shape index (κ1) is 9.87. The molecule has 0 fully saturated rings. The lowest BCUT2D eigenvalue weighted by molar-refractivity contribution is -0.143. The van der Waals surface area contributed by atoms with Crippen LogP contribution in [0.1, 0.15) is 6.92 Å². The monoisotopic (exact) mass is 163 g/mol. The van der Waals surface area contributed by atoms with Crippen molar-refractivity contribution >= 4 is 11.9 Å². The van der Waals surface area contributed by atoms with Crippen LogP contribution < -0.4 is 5.32 Å². The van der Waals surface area contributed by atoms with Crippen molar-refractivity contribution in [2.45, 2.75) is 6.92 Å². The van der Waals surface area contributed by atoms with Crippen LogP contribution in [0, 0.1) is 0 Å². The number of ether oxygens (including phenoxy) is 1. The Labute approximate surface area is 63.7 Å². The molecular formula is C6H10FNO3. The highest BCUT2D eigenvalue weighted by molar-refractivity contribution is 5.82. The first-order valence-electron chi connectivity index (χ1n) is 3.19. The van der Waals surface area contributed by atoms with Crippen molar-refractivity contribution in [2.75, 3.05) is 19.8 Å². The van der Waals surface area contributed by atoms with E-state index in [-0.39, 0.29) is 13.2 Å². The molecule has 1 amide bonds. The zero-order chi connectivity index (χ0) is 8.69. The van der Waals surface area contributed by atoms with Crippen LogP contribution in [0.5, 0.6) is 0 Å². The van der Waals surface area contributed by atoms with Crippen molar-refractivity contribution in [1.82, 2.24) is 5.32 Å². The van der Waals surface area contributed by atoms with Crippen LogP contribution in [0.25, 0.3) is 0 Å². The molecule has 0 aromatic rings. The minimum Gasteiger partial charge on any atom is -0.465 e. The molecule has 0 saturated carbocycles. The summed E-state index contributed by atoms with van der Waals surface area (Å²) < 4.78 is 15.9. The van der Waals surface area contributed by atoms with Gasteiger partial charge in [0.1, 0.15) is 6.54 Å². The predicted molar refractivity (Wildman–Crippen MR) is 35.6 cm³/mol. The molecule has 1 N–H and O–H groups in total. The number of halogens is 1. The maximum Gasteiger partial charge on any atom is 0.325 e. The highest BCUT2D eigenvalue weighted by Gasteiger charge is 2.03. The molecule has 0 atom stereocenters. The third-order valence-electron chi connectivity index (χ3n) is 0.857. The molecule has 0 bridgehead atoms. The second kappa shape index (κ2) is 5.64. The molecular weight excluding hydrogens is 153 g/mol. The summed E-state index contributed by atoms with van der Waals surface area (Å²) in [7, 11) is 0. The van der Waals surface area contributed by atoms with E-state index in [1.165, 1.54) is 0 Å². The molecule has 0 radical (unpaired) electrons. The average Bonchev–Trinajstić information content (AvgIpc) is 2.01. The number of esters is 1. The number of hydrogen-bond acceptors (Lipinski definition) is 3. The normalized spacial score (nSPS) is 8.91. The summed E-state index contributed by atoms with van der Waals surface area (Å²) in [5.74, 6) is -1.37. The molecule has 64 valence electrons. The largest absolute Gasteiger partial charge is 0.465 e. The van der Waals surface area contributed by atoms with Crippen LogP contribution in [0.4, 0.5) is 4.39 Å². The number of alkyl halides is 1. The average molecular weight is 163 g/mol. The summed E-state index contributed by atoms with van der Waals surface area (Å²) in [4.78, 5) is 20.7. The van der Waals surface area contributed by atoms with Crippen molar-refractivity contribution in [3.05, 3.63) is 0 Å². The minimum absolute atomic E-state index is 0.254. The Hall–Kier alpha value is -1.13. The Morgan fingerprint density at radius 1 is 1.55 bits per heavy atom. The number of amides is 1. The van der Waals surface area contributed by atoms with E-state index in [0.29, 0.717) is 0 Å². The fourth-order valence-corrected chi connectivity index (χ4v) is 0.430. The molecule has 0 spiro atoms. The second-order valence-electron chi connectivity index (χ2n) is 1.72. The SMILES string of the molecule is CCOC(=O)CNC(=O)CF. The fourth-order valence-electron chi connectivity index (χ4n) is 0.430. The van der Waals surface area contributed by atoms with Gasteiger partial charge in [-0.05, 0) is 6.92 Å². The second-order valence-corrected chi connectivity index (χ2v) is 1.72. The van der Waals surface area contributed by atoms with Crippen molar-refractivity contribution in [3.63, 3.8) is 0 Å². The molecule has 11 heavy (non-hydrogen) atoms. The Balaban J connectivity index is 3.38. The van der Waals surface area contributed by atoms with Gasteiger partial charge in [0.2, 0.25) is 0 Å². The van der Waals surface area contributed by atoms with E-state index in [9.17, 15) is 14.0 Å². The number of carbonyl (C=O) groups excluding carboxylic acids is 2. The maximum atomic E-state index is 11.5. The quantitative estimate of drug-likeness (QED) is 0.575. The Bertz CT molecular complexity index is 149. The van der Waals surface area contributed by atoms with Gasteiger partial charge in [0.15, 0.2) is 6.67 Å². The third kappa shape index (κ3) is 5.32. The third-order valence-corrected chi connectivity index (χ3v) is 0.857. The molecule has 0 heterocycles. The molecule has 0 aromatic carbocycles. The number of nitrogens with one attached hydrogen (secondary N) is 1. The van der Waals surface area contributed by atoms with Gasteiger partial charge in [-0.25, -0.2) is 4.39 Å². The Morgan fingerprint density at radius 3 is 2.64 bits per heavy atom. The molecule has 4 nitrogen and oxygen atoms in total. The molecule has 0 aromatic heterocycles. The van der Waals surface area contributed by atoms with Gasteiger partial charge in [0, 0.05) is 0 Å². The first-order chi connectivity index (χ1) is 5.20. The highest BCUT2D eigenvalue weighted by atomic mass is 19.1. The van der Waals surface area contributed by atoms with E-state index < -0.39 is 18.6 Å². The predicted octanol–water partition coefficient (Wildman–Crippen LogP) is -0.365. The molecule has 0 rings (SSSR count). The van der Waals surface area contributed by atoms with Gasteiger partial charge >= 0.3 is 5.97 Å². The lowest BCUT2D eigenvalue weighted by Gasteiger charge is -2.01. The van der Waals surface area contributed by atoms with E-state index in [0.717, 1.165) is 0 Å². The van der Waals surface area contributed by atoms with E-state index in [1.54, 1.807) is 6.92 Å². The molecule has 0 aliphatic carbocycles. The smallest absolute Gasteiger partial charge is 0.325 e. The Morgan fingerprint density at radius 2 is 2.18 bits per heavy atom. The van der Waals surface area contributed by atoms with Gasteiger partial charge in [0.05, 0.1) is 6.61 Å². The van der Waals surface area contributed by atoms with Crippen LogP contribution in [0.2, 0.25) is 0 Å². The molecule has 0 saturated heterocycles. The van der Waals surface area contributed by atoms with Gasteiger partial charge in [0.25, 0.3) is 5.91 Å². The topological polar surface area (TPSA) is 55.4 Å². The molecule has 0 aliphatic rings. The van der Waals surface area contributed by atoms with Crippen LogP contribution in [-0.4, -0.2) is 31.7 Å². The summed E-state index contributed by atoms with van der Waals surface area (Å²) in [6.45, 7) is 0.523. The van der Waals surface area contributed by atoms with Crippen LogP contribution in [0.3, 0.4) is 0 Å². The number of rotatable bonds is 4. The first-order valence-corrected chi connectivity index (χ1v) is 3.19. The number of carbonyl (C=O) groups is 2. The van der Waals surface area contributed by atoms with Crippen LogP contribution in [0.15, 0.2) is 0 Å². The number of hydrogen-bond donors (Lipinski definition) is 1. The van der Waals surface area contributed by atoms with Gasteiger partial charge in [-0.15, -0.1) is 0 Å². The van der Waals surface area contributed by atoms with Crippen LogP contribution in [-0.2, 0) is 14.3 Å². The van der Waals surface area contributed by atoms with Gasteiger partial charge in [-0.2, -0.15) is 0 Å². The van der Waals surface area contributed by atoms with E-state index in [2.05, 4.69) is 4.74 Å². The molecule has 5 heteroatoms. The van der Waals surface area contributed by atoms with Crippen molar-refractivity contribution < 1.29 is 18.7 Å².